The van der Waals surface area contributed by atoms with Crippen molar-refractivity contribution in [3.8, 4) is 0 Å². The van der Waals surface area contributed by atoms with E-state index < -0.39 is 0 Å². The highest BCUT2D eigenvalue weighted by molar-refractivity contribution is 7.16. The molecule has 18 heavy (non-hydrogen) atoms. The van der Waals surface area contributed by atoms with Crippen LogP contribution in [0.1, 0.15) is 0 Å². The van der Waals surface area contributed by atoms with Gasteiger partial charge in [0.05, 0.1) is 0 Å². The van der Waals surface area contributed by atoms with Crippen molar-refractivity contribution in [1.82, 2.24) is 0 Å². The van der Waals surface area contributed by atoms with Crippen molar-refractivity contribution < 1.29 is 0 Å². The highest BCUT2D eigenvalue weighted by Gasteiger charge is 2.22. The SMILES string of the molecule is C=CCN(B(Cl)c1ccccc1)c1ccccc1. The molecule has 0 bridgehead atoms. The quantitative estimate of drug-likeness (QED) is 0.585. The third-order valence-electron chi connectivity index (χ3n) is 2.76. The first-order valence-electron chi connectivity index (χ1n) is 5.94. The third-order valence-corrected chi connectivity index (χ3v) is 3.25. The molecule has 0 unspecified atom stereocenters. The van der Waals surface area contributed by atoms with Crippen molar-refractivity contribution in [3.05, 3.63) is 73.3 Å². The number of para-hydroxylation sites is 1. The zero-order chi connectivity index (χ0) is 12.8. The monoisotopic (exact) mass is 255 g/mol. The van der Waals surface area contributed by atoms with E-state index in [-0.39, 0.29) is 6.26 Å². The third kappa shape index (κ3) is 2.96. The molecule has 0 fully saturated rings. The minimum Gasteiger partial charge on any atom is -0.394 e. The highest BCUT2D eigenvalue weighted by atomic mass is 35.5. The van der Waals surface area contributed by atoms with E-state index in [1.807, 2.05) is 54.6 Å². The first kappa shape index (κ1) is 12.8. The summed E-state index contributed by atoms with van der Waals surface area (Å²) >= 11 is 6.56. The molecule has 0 saturated heterocycles. The van der Waals surface area contributed by atoms with Crippen LogP contribution >= 0.6 is 11.5 Å². The summed E-state index contributed by atoms with van der Waals surface area (Å²) in [6, 6.07) is 20.2. The second-order valence-corrected chi connectivity index (χ2v) is 4.44. The fourth-order valence-electron chi connectivity index (χ4n) is 1.88. The predicted octanol–water partition coefficient (Wildman–Crippen LogP) is 3.31. The number of nitrogens with zero attached hydrogens (tertiary/aromatic N) is 1. The van der Waals surface area contributed by atoms with Gasteiger partial charge in [-0.1, -0.05) is 54.6 Å². The van der Waals surface area contributed by atoms with Crippen LogP contribution in [0.3, 0.4) is 0 Å². The van der Waals surface area contributed by atoms with Crippen molar-refractivity contribution in [3.63, 3.8) is 0 Å². The fraction of sp³-hybridized carbons (Fsp3) is 0.0667. The molecule has 0 aliphatic carbocycles. The van der Waals surface area contributed by atoms with Gasteiger partial charge in [-0.05, 0) is 17.6 Å². The molecule has 0 heterocycles. The van der Waals surface area contributed by atoms with Gasteiger partial charge in [0.2, 0.25) is 0 Å². The molecule has 3 heteroatoms. The lowest BCUT2D eigenvalue weighted by molar-refractivity contribution is 1.18. The molecule has 0 saturated carbocycles. The van der Waals surface area contributed by atoms with Gasteiger partial charge in [0, 0.05) is 12.2 Å². The molecule has 2 rings (SSSR count). The normalized spacial score (nSPS) is 9.83. The molecule has 0 aromatic heterocycles. The van der Waals surface area contributed by atoms with Crippen molar-refractivity contribution >= 4 is 28.9 Å². The number of hydrogen-bond acceptors (Lipinski definition) is 1. The Labute approximate surface area is 114 Å². The zero-order valence-electron chi connectivity index (χ0n) is 10.2. The lowest BCUT2D eigenvalue weighted by atomic mass is 9.78. The van der Waals surface area contributed by atoms with E-state index in [0.717, 1.165) is 11.2 Å². The van der Waals surface area contributed by atoms with Crippen LogP contribution in [-0.2, 0) is 0 Å². The topological polar surface area (TPSA) is 3.24 Å². The molecule has 0 amide bonds. The van der Waals surface area contributed by atoms with Crippen LogP contribution in [0.25, 0.3) is 0 Å². The maximum atomic E-state index is 6.56. The summed E-state index contributed by atoms with van der Waals surface area (Å²) in [5, 5.41) is 0. The number of benzene rings is 2. The second-order valence-electron chi connectivity index (χ2n) is 4.02. The maximum Gasteiger partial charge on any atom is 0.395 e. The van der Waals surface area contributed by atoms with Crippen LogP contribution in [0.4, 0.5) is 5.69 Å². The Kier molecular flexibility index (Phi) is 4.49. The molecule has 2 aromatic carbocycles. The van der Waals surface area contributed by atoms with E-state index >= 15 is 0 Å². The molecule has 2 aromatic rings. The minimum absolute atomic E-state index is 0.188. The van der Waals surface area contributed by atoms with Crippen molar-refractivity contribution in [1.29, 1.82) is 0 Å². The molecule has 0 aliphatic heterocycles. The van der Waals surface area contributed by atoms with Crippen LogP contribution < -0.4 is 10.3 Å². The van der Waals surface area contributed by atoms with Gasteiger partial charge in [-0.2, -0.15) is 11.5 Å². The van der Waals surface area contributed by atoms with Gasteiger partial charge in [-0.25, -0.2) is 0 Å². The maximum absolute atomic E-state index is 6.56. The molecule has 0 spiro atoms. The Balaban J connectivity index is 2.28. The van der Waals surface area contributed by atoms with Gasteiger partial charge >= 0.3 is 6.26 Å². The number of rotatable bonds is 5. The van der Waals surface area contributed by atoms with Crippen LogP contribution in [0, 0.1) is 0 Å². The van der Waals surface area contributed by atoms with E-state index in [4.69, 9.17) is 11.5 Å². The summed E-state index contributed by atoms with van der Waals surface area (Å²) in [7, 11) is 0. The molecule has 1 nitrogen and oxygen atoms in total. The Hall–Kier alpha value is -1.67. The van der Waals surface area contributed by atoms with Crippen LogP contribution in [0.15, 0.2) is 73.3 Å². The molecule has 90 valence electrons. The van der Waals surface area contributed by atoms with Gasteiger partial charge in [-0.3, -0.25) is 0 Å². The van der Waals surface area contributed by atoms with E-state index in [1.54, 1.807) is 0 Å². The fourth-order valence-corrected chi connectivity index (χ4v) is 2.22. The molecular weight excluding hydrogens is 240 g/mol. The molecule has 0 atom stereocenters. The van der Waals surface area contributed by atoms with E-state index in [9.17, 15) is 0 Å². The summed E-state index contributed by atoms with van der Waals surface area (Å²) in [6.45, 7) is 4.52. The van der Waals surface area contributed by atoms with Crippen LogP contribution in [0.5, 0.6) is 0 Å². The van der Waals surface area contributed by atoms with Crippen LogP contribution in [-0.4, -0.2) is 12.8 Å². The van der Waals surface area contributed by atoms with Gasteiger partial charge in [0.1, 0.15) is 0 Å². The lowest BCUT2D eigenvalue weighted by Crippen LogP contribution is -2.44. The van der Waals surface area contributed by atoms with Crippen molar-refractivity contribution in [2.75, 3.05) is 11.4 Å². The van der Waals surface area contributed by atoms with Crippen molar-refractivity contribution in [2.24, 2.45) is 0 Å². The van der Waals surface area contributed by atoms with Crippen molar-refractivity contribution in [2.45, 2.75) is 0 Å². The average Bonchev–Trinajstić information content (AvgIpc) is 2.46. The van der Waals surface area contributed by atoms with E-state index in [1.165, 1.54) is 0 Å². The van der Waals surface area contributed by atoms with E-state index in [2.05, 4.69) is 23.5 Å². The summed E-state index contributed by atoms with van der Waals surface area (Å²) < 4.78 is 0. The molecular formula is C15H15BClN. The Bertz CT molecular complexity index is 486. The minimum atomic E-state index is -0.188. The predicted molar refractivity (Wildman–Crippen MR) is 81.7 cm³/mol. The largest absolute Gasteiger partial charge is 0.395 e. The Morgan fingerprint density at radius 3 is 2.11 bits per heavy atom. The first-order valence-corrected chi connectivity index (χ1v) is 6.38. The summed E-state index contributed by atoms with van der Waals surface area (Å²) in [5.74, 6) is 0. The highest BCUT2D eigenvalue weighted by Crippen LogP contribution is 2.16. The average molecular weight is 256 g/mol. The first-order chi connectivity index (χ1) is 8.83. The summed E-state index contributed by atoms with van der Waals surface area (Å²) in [5.41, 5.74) is 2.19. The molecule has 0 N–H and O–H groups in total. The number of anilines is 1. The number of hydrogen-bond donors (Lipinski definition) is 0. The number of halogens is 1. The molecule has 0 radical (unpaired) electrons. The van der Waals surface area contributed by atoms with Gasteiger partial charge in [0.25, 0.3) is 0 Å². The van der Waals surface area contributed by atoms with E-state index in [0.29, 0.717) is 6.54 Å². The van der Waals surface area contributed by atoms with Crippen LogP contribution in [0.2, 0.25) is 0 Å². The van der Waals surface area contributed by atoms with Gasteiger partial charge < -0.3 is 4.81 Å². The van der Waals surface area contributed by atoms with Gasteiger partial charge in [0.15, 0.2) is 0 Å². The Morgan fingerprint density at radius 2 is 1.56 bits per heavy atom. The second kappa shape index (κ2) is 6.32. The zero-order valence-corrected chi connectivity index (χ0v) is 10.9. The lowest BCUT2D eigenvalue weighted by Gasteiger charge is -2.26. The summed E-state index contributed by atoms with van der Waals surface area (Å²) in [4.78, 5) is 2.11. The summed E-state index contributed by atoms with van der Waals surface area (Å²) in [6.07, 6.45) is 1.68. The smallest absolute Gasteiger partial charge is 0.394 e. The molecule has 0 aliphatic rings. The standard InChI is InChI=1S/C15H15BClN/c1-2-13-18(15-11-7-4-8-12-15)16(17)14-9-5-3-6-10-14/h2-12H,1,13H2. The van der Waals surface area contributed by atoms with Gasteiger partial charge in [-0.15, -0.1) is 6.58 Å². The Morgan fingerprint density at radius 1 is 1.00 bits per heavy atom.